The molecule has 0 saturated heterocycles. The van der Waals surface area contributed by atoms with Crippen molar-refractivity contribution < 1.29 is 14.6 Å². The number of aromatic nitrogens is 1. The third kappa shape index (κ3) is 2.47. The Morgan fingerprint density at radius 3 is 2.70 bits per heavy atom. The van der Waals surface area contributed by atoms with Gasteiger partial charge in [0, 0.05) is 23.1 Å². The van der Waals surface area contributed by atoms with Crippen LogP contribution < -0.4 is 20.9 Å². The monoisotopic (exact) mass is 360 g/mol. The Hall–Kier alpha value is -3.92. The molecule has 2 heterocycles. The first-order chi connectivity index (χ1) is 13.0. The van der Waals surface area contributed by atoms with Crippen LogP contribution in [0.5, 0.6) is 23.1 Å². The Kier molecular flexibility index (Phi) is 3.74. The zero-order valence-corrected chi connectivity index (χ0v) is 14.4. The number of pyridine rings is 1. The van der Waals surface area contributed by atoms with Gasteiger partial charge in [-0.2, -0.15) is 10.2 Å². The second-order valence-electron chi connectivity index (χ2n) is 6.12. The molecule has 0 saturated carbocycles. The maximum Gasteiger partial charge on any atom is 0.227 e. The van der Waals surface area contributed by atoms with Gasteiger partial charge < -0.3 is 26.0 Å². The van der Waals surface area contributed by atoms with Gasteiger partial charge in [-0.3, -0.25) is 0 Å². The number of nitrogen functional groups attached to an aromatic ring is 2. The largest absolute Gasteiger partial charge is 0.508 e. The highest BCUT2D eigenvalue weighted by Crippen LogP contribution is 2.52. The first-order valence-corrected chi connectivity index (χ1v) is 8.17. The van der Waals surface area contributed by atoms with E-state index in [-0.39, 0.29) is 28.7 Å². The lowest BCUT2D eigenvalue weighted by atomic mass is 9.81. The minimum absolute atomic E-state index is 0.00358. The number of phenolic OH excluding ortho intramolecular Hbond substituents is 1. The van der Waals surface area contributed by atoms with Crippen LogP contribution in [0.1, 0.15) is 28.2 Å². The number of nitrogens with two attached hydrogens (primary N) is 2. The molecule has 7 nitrogen and oxygen atoms in total. The highest BCUT2D eigenvalue weighted by atomic mass is 16.5. The van der Waals surface area contributed by atoms with Crippen molar-refractivity contribution in [3.8, 4) is 29.2 Å². The second kappa shape index (κ2) is 6.11. The summed E-state index contributed by atoms with van der Waals surface area (Å²) in [4.78, 5) is 4.24. The lowest BCUT2D eigenvalue weighted by Crippen LogP contribution is -2.17. The SMILES string of the molecule is COc1ccccc1[C@H]1c2ccc(O)cc2Oc2nc(N)c(C#N)c(N)c21. The molecule has 1 aliphatic rings. The van der Waals surface area contributed by atoms with Gasteiger partial charge in [0.15, 0.2) is 0 Å². The number of para-hydroxylation sites is 1. The summed E-state index contributed by atoms with van der Waals surface area (Å²) in [6, 6.07) is 14.4. The molecule has 1 atom stereocenters. The smallest absolute Gasteiger partial charge is 0.227 e. The van der Waals surface area contributed by atoms with Crippen molar-refractivity contribution in [1.82, 2.24) is 4.98 Å². The average molecular weight is 360 g/mol. The van der Waals surface area contributed by atoms with Crippen LogP contribution in [-0.4, -0.2) is 17.2 Å². The summed E-state index contributed by atoms with van der Waals surface area (Å²) in [6.07, 6.45) is 0. The van der Waals surface area contributed by atoms with Crippen molar-refractivity contribution in [3.05, 3.63) is 64.7 Å². The molecule has 0 radical (unpaired) electrons. The molecule has 27 heavy (non-hydrogen) atoms. The maximum atomic E-state index is 9.87. The minimum atomic E-state index is -0.402. The molecule has 1 aromatic heterocycles. The molecule has 134 valence electrons. The van der Waals surface area contributed by atoms with Gasteiger partial charge in [-0.05, 0) is 12.1 Å². The first-order valence-electron chi connectivity index (χ1n) is 8.17. The highest BCUT2D eigenvalue weighted by Gasteiger charge is 2.35. The van der Waals surface area contributed by atoms with Gasteiger partial charge in [-0.15, -0.1) is 0 Å². The number of hydrogen-bond donors (Lipinski definition) is 3. The molecule has 0 aliphatic carbocycles. The molecule has 7 heteroatoms. The van der Waals surface area contributed by atoms with E-state index in [0.29, 0.717) is 17.1 Å². The van der Waals surface area contributed by atoms with E-state index in [1.54, 1.807) is 19.2 Å². The molecule has 0 bridgehead atoms. The van der Waals surface area contributed by atoms with Gasteiger partial charge >= 0.3 is 0 Å². The van der Waals surface area contributed by atoms with Crippen molar-refractivity contribution in [2.75, 3.05) is 18.6 Å². The van der Waals surface area contributed by atoms with Crippen molar-refractivity contribution >= 4 is 11.5 Å². The number of methoxy groups -OCH3 is 1. The summed E-state index contributed by atoms with van der Waals surface area (Å²) in [5.74, 6) is 0.957. The van der Waals surface area contributed by atoms with Crippen LogP contribution in [0, 0.1) is 11.3 Å². The summed E-state index contributed by atoms with van der Waals surface area (Å²) >= 11 is 0. The fourth-order valence-corrected chi connectivity index (χ4v) is 3.43. The maximum absolute atomic E-state index is 9.87. The number of nitriles is 1. The summed E-state index contributed by atoms with van der Waals surface area (Å²) in [5, 5.41) is 19.3. The van der Waals surface area contributed by atoms with Crippen LogP contribution >= 0.6 is 0 Å². The van der Waals surface area contributed by atoms with E-state index < -0.39 is 5.92 Å². The minimum Gasteiger partial charge on any atom is -0.508 e. The van der Waals surface area contributed by atoms with Crippen LogP contribution in [0.4, 0.5) is 11.5 Å². The molecule has 0 fully saturated rings. The van der Waals surface area contributed by atoms with Crippen LogP contribution in [0.3, 0.4) is 0 Å². The molecule has 5 N–H and O–H groups in total. The molecule has 0 unspecified atom stereocenters. The Bertz CT molecular complexity index is 1110. The van der Waals surface area contributed by atoms with Crippen LogP contribution in [0.15, 0.2) is 42.5 Å². The molecule has 3 aromatic rings. The van der Waals surface area contributed by atoms with Crippen molar-refractivity contribution in [1.29, 1.82) is 5.26 Å². The van der Waals surface area contributed by atoms with E-state index in [4.69, 9.17) is 20.9 Å². The quantitative estimate of drug-likeness (QED) is 0.501. The van der Waals surface area contributed by atoms with Gasteiger partial charge in [0.1, 0.15) is 34.7 Å². The zero-order valence-electron chi connectivity index (χ0n) is 14.4. The predicted octanol–water partition coefficient (Wildman–Crippen LogP) is 3.12. The number of fused-ring (bicyclic) bond motifs is 2. The number of benzene rings is 2. The van der Waals surface area contributed by atoms with Gasteiger partial charge in [-0.25, -0.2) is 0 Å². The normalized spacial score (nSPS) is 14.4. The Morgan fingerprint density at radius 2 is 1.96 bits per heavy atom. The van der Waals surface area contributed by atoms with E-state index in [1.807, 2.05) is 30.3 Å². The van der Waals surface area contributed by atoms with Crippen molar-refractivity contribution in [2.45, 2.75) is 5.92 Å². The van der Waals surface area contributed by atoms with Gasteiger partial charge in [0.25, 0.3) is 0 Å². The van der Waals surface area contributed by atoms with E-state index in [9.17, 15) is 10.4 Å². The summed E-state index contributed by atoms with van der Waals surface area (Å²) in [7, 11) is 1.59. The molecule has 4 rings (SSSR count). The summed E-state index contributed by atoms with van der Waals surface area (Å²) in [6.45, 7) is 0. The van der Waals surface area contributed by atoms with Gasteiger partial charge in [0.05, 0.1) is 18.4 Å². The number of phenols is 1. The number of anilines is 2. The van der Waals surface area contributed by atoms with Crippen LogP contribution in [0.25, 0.3) is 0 Å². The summed E-state index contributed by atoms with van der Waals surface area (Å²) in [5.41, 5.74) is 14.7. The molecule has 0 spiro atoms. The number of ether oxygens (including phenoxy) is 2. The van der Waals surface area contributed by atoms with Crippen molar-refractivity contribution in [3.63, 3.8) is 0 Å². The van der Waals surface area contributed by atoms with E-state index in [0.717, 1.165) is 11.1 Å². The number of nitrogens with zero attached hydrogens (tertiary/aromatic N) is 2. The fraction of sp³-hybridized carbons (Fsp3) is 0.100. The van der Waals surface area contributed by atoms with E-state index in [1.165, 1.54) is 6.07 Å². The second-order valence-corrected chi connectivity index (χ2v) is 6.12. The third-order valence-electron chi connectivity index (χ3n) is 4.63. The standard InChI is InChI=1S/C20H16N4O3/c1-26-14-5-3-2-4-11(14)16-12-7-6-10(25)8-15(12)27-20-17(16)18(22)13(9-21)19(23)24-20/h2-8,16,25H,1H3,(H4,22,23,24)/t16-/m0/s1. The molecule has 1 aliphatic heterocycles. The molecule has 0 amide bonds. The number of rotatable bonds is 2. The fourth-order valence-electron chi connectivity index (χ4n) is 3.43. The summed E-state index contributed by atoms with van der Waals surface area (Å²) < 4.78 is 11.4. The van der Waals surface area contributed by atoms with E-state index >= 15 is 0 Å². The molecule has 2 aromatic carbocycles. The Labute approximate surface area is 155 Å². The average Bonchev–Trinajstić information content (AvgIpc) is 2.66. The van der Waals surface area contributed by atoms with Crippen LogP contribution in [-0.2, 0) is 0 Å². The third-order valence-corrected chi connectivity index (χ3v) is 4.63. The molecular formula is C20H16N4O3. The topological polar surface area (TPSA) is 127 Å². The first kappa shape index (κ1) is 16.5. The molecular weight excluding hydrogens is 344 g/mol. The van der Waals surface area contributed by atoms with E-state index in [2.05, 4.69) is 4.98 Å². The lowest BCUT2D eigenvalue weighted by Gasteiger charge is -2.30. The van der Waals surface area contributed by atoms with Crippen molar-refractivity contribution in [2.24, 2.45) is 0 Å². The van der Waals surface area contributed by atoms with Gasteiger partial charge in [-0.1, -0.05) is 24.3 Å². The zero-order chi connectivity index (χ0) is 19.1. The Balaban J connectivity index is 2.08. The lowest BCUT2D eigenvalue weighted by molar-refractivity contribution is 0.402. The number of hydrogen-bond acceptors (Lipinski definition) is 7. The van der Waals surface area contributed by atoms with Crippen LogP contribution in [0.2, 0.25) is 0 Å². The van der Waals surface area contributed by atoms with Gasteiger partial charge in [0.2, 0.25) is 5.88 Å². The predicted molar refractivity (Wildman–Crippen MR) is 99.9 cm³/mol. The Morgan fingerprint density at radius 1 is 1.19 bits per heavy atom. The number of aromatic hydroxyl groups is 1. The highest BCUT2D eigenvalue weighted by molar-refractivity contribution is 5.76.